The molecule has 2 aliphatic heterocycles. The van der Waals surface area contributed by atoms with Crippen molar-refractivity contribution in [2.24, 2.45) is 11.8 Å². The molecule has 2 aromatic heterocycles. The summed E-state index contributed by atoms with van der Waals surface area (Å²) in [6.07, 6.45) is 3.10. The predicted molar refractivity (Wildman–Crippen MR) is 145 cm³/mol. The highest BCUT2D eigenvalue weighted by Crippen LogP contribution is 2.44. The van der Waals surface area contributed by atoms with Gasteiger partial charge in [-0.1, -0.05) is 31.5 Å². The Hall–Kier alpha value is -2.57. The molecule has 0 bridgehead atoms. The van der Waals surface area contributed by atoms with Crippen LogP contribution in [-0.4, -0.2) is 28.2 Å². The first-order chi connectivity index (χ1) is 16.3. The zero-order chi connectivity index (χ0) is 24.0. The van der Waals surface area contributed by atoms with Gasteiger partial charge in [0.05, 0.1) is 28.5 Å². The summed E-state index contributed by atoms with van der Waals surface area (Å²) in [6.45, 7) is 10.9. The minimum Gasteiger partial charge on any atom is -0.370 e. The Morgan fingerprint density at radius 1 is 1.06 bits per heavy atom. The molecule has 0 unspecified atom stereocenters. The highest BCUT2D eigenvalue weighted by Gasteiger charge is 2.42. The van der Waals surface area contributed by atoms with Crippen LogP contribution < -0.4 is 15.1 Å². The topological polar surface area (TPSA) is 47.2 Å². The van der Waals surface area contributed by atoms with Crippen LogP contribution in [0.3, 0.4) is 0 Å². The third-order valence-corrected chi connectivity index (χ3v) is 7.64. The summed E-state index contributed by atoms with van der Waals surface area (Å²) in [4.78, 5) is 12.7. The number of rotatable bonds is 4. The van der Waals surface area contributed by atoms with Gasteiger partial charge in [0, 0.05) is 36.4 Å². The zero-order valence-corrected chi connectivity index (χ0v) is 21.7. The van der Waals surface area contributed by atoms with Crippen molar-refractivity contribution >= 4 is 40.3 Å². The van der Waals surface area contributed by atoms with E-state index in [1.807, 2.05) is 18.3 Å². The van der Waals surface area contributed by atoms with Crippen LogP contribution in [0.4, 0.5) is 11.4 Å². The van der Waals surface area contributed by atoms with Gasteiger partial charge >= 0.3 is 0 Å². The number of aromatic amines is 1. The highest BCUT2D eigenvalue weighted by atomic mass is 35.5. The second kappa shape index (κ2) is 9.23. The summed E-state index contributed by atoms with van der Waals surface area (Å²) in [7, 11) is 0. The Bertz CT molecular complexity index is 1180. The number of thiocarbonyl (C=S) groups is 1. The number of hydrogen-bond donors (Lipinski definition) is 2. The third-order valence-electron chi connectivity index (χ3n) is 7.03. The predicted octanol–water partition coefficient (Wildman–Crippen LogP) is 6.34. The number of halogens is 1. The lowest BCUT2D eigenvalue weighted by molar-refractivity contribution is 0.357. The normalized spacial score (nSPS) is 25.0. The average Bonchev–Trinajstić information content (AvgIpc) is 3.31. The fourth-order valence-electron chi connectivity index (χ4n) is 5.76. The van der Waals surface area contributed by atoms with E-state index in [0.29, 0.717) is 16.9 Å². The number of piperidine rings is 1. The van der Waals surface area contributed by atoms with Crippen molar-refractivity contribution in [2.75, 3.05) is 22.9 Å². The SMILES string of the molecule is Cc1cc([C@@H]2[C@H](c3ccccn3)NC(=S)N2c2ccc(N3C[C@H](C)C[C@H](C)C3)c(Cl)c2)c(C)[nH]1. The van der Waals surface area contributed by atoms with Gasteiger partial charge in [-0.3, -0.25) is 4.98 Å². The molecule has 1 aromatic carbocycles. The van der Waals surface area contributed by atoms with Crippen LogP contribution in [0.5, 0.6) is 0 Å². The molecule has 34 heavy (non-hydrogen) atoms. The molecule has 178 valence electrons. The van der Waals surface area contributed by atoms with Crippen LogP contribution in [0.15, 0.2) is 48.7 Å². The van der Waals surface area contributed by atoms with Gasteiger partial charge in [-0.05, 0) is 86.3 Å². The van der Waals surface area contributed by atoms with Gasteiger partial charge in [-0.15, -0.1) is 0 Å². The van der Waals surface area contributed by atoms with E-state index in [0.717, 1.165) is 46.6 Å². The van der Waals surface area contributed by atoms with Crippen molar-refractivity contribution in [1.29, 1.82) is 0 Å². The standard InChI is InChI=1S/C27H32ClN5S/c1-16-11-17(2)15-32(14-16)24-9-8-20(13-22(24)28)33-26(21-12-18(3)30-19(21)4)25(31-27(33)34)23-7-5-6-10-29-23/h5-10,12-13,16-17,25-26,30H,11,14-15H2,1-4H3,(H,31,34)/t16-,17+,25-,26+/m0/s1. The van der Waals surface area contributed by atoms with Crippen molar-refractivity contribution in [2.45, 2.75) is 46.2 Å². The monoisotopic (exact) mass is 493 g/mol. The van der Waals surface area contributed by atoms with Gasteiger partial charge in [0.25, 0.3) is 0 Å². The van der Waals surface area contributed by atoms with Crippen LogP contribution in [0.2, 0.25) is 5.02 Å². The van der Waals surface area contributed by atoms with Gasteiger partial charge in [0.2, 0.25) is 0 Å². The van der Waals surface area contributed by atoms with Gasteiger partial charge in [0.1, 0.15) is 0 Å². The smallest absolute Gasteiger partial charge is 0.174 e. The van der Waals surface area contributed by atoms with Crippen molar-refractivity contribution in [3.63, 3.8) is 0 Å². The first-order valence-electron chi connectivity index (χ1n) is 12.0. The van der Waals surface area contributed by atoms with Crippen molar-refractivity contribution in [3.8, 4) is 0 Å². The molecule has 0 aliphatic carbocycles. The van der Waals surface area contributed by atoms with Crippen molar-refractivity contribution in [3.05, 3.63) is 76.3 Å². The molecule has 4 heterocycles. The van der Waals surface area contributed by atoms with E-state index in [2.05, 4.69) is 83.1 Å². The fourth-order valence-corrected chi connectivity index (χ4v) is 6.40. The Kier molecular flexibility index (Phi) is 6.30. The maximum Gasteiger partial charge on any atom is 0.174 e. The largest absolute Gasteiger partial charge is 0.370 e. The molecule has 0 amide bonds. The zero-order valence-electron chi connectivity index (χ0n) is 20.2. The molecule has 0 radical (unpaired) electrons. The average molecular weight is 494 g/mol. The van der Waals surface area contributed by atoms with E-state index >= 15 is 0 Å². The van der Waals surface area contributed by atoms with E-state index < -0.39 is 0 Å². The van der Waals surface area contributed by atoms with Gasteiger partial charge in [0.15, 0.2) is 5.11 Å². The second-order valence-electron chi connectivity index (χ2n) is 10.0. The summed E-state index contributed by atoms with van der Waals surface area (Å²) < 4.78 is 0. The van der Waals surface area contributed by atoms with Crippen LogP contribution in [0.25, 0.3) is 0 Å². The maximum absolute atomic E-state index is 6.92. The molecule has 2 saturated heterocycles. The van der Waals surface area contributed by atoms with Crippen molar-refractivity contribution < 1.29 is 0 Å². The number of aryl methyl sites for hydroxylation is 2. The Morgan fingerprint density at radius 3 is 2.44 bits per heavy atom. The van der Waals surface area contributed by atoms with E-state index in [9.17, 15) is 0 Å². The van der Waals surface area contributed by atoms with E-state index in [-0.39, 0.29) is 12.1 Å². The Labute approximate surface area is 212 Å². The van der Waals surface area contributed by atoms with Gasteiger partial charge < -0.3 is 20.1 Å². The summed E-state index contributed by atoms with van der Waals surface area (Å²) >= 11 is 12.8. The summed E-state index contributed by atoms with van der Waals surface area (Å²) in [5, 5.41) is 4.99. The lowest BCUT2D eigenvalue weighted by atomic mass is 9.91. The Morgan fingerprint density at radius 2 is 1.82 bits per heavy atom. The number of aromatic nitrogens is 2. The number of benzene rings is 1. The minimum atomic E-state index is -0.0650. The third kappa shape index (κ3) is 4.29. The number of pyridine rings is 1. The fraction of sp³-hybridized carbons (Fsp3) is 0.407. The lowest BCUT2D eigenvalue weighted by Gasteiger charge is -2.37. The number of anilines is 2. The first-order valence-corrected chi connectivity index (χ1v) is 12.8. The molecular weight excluding hydrogens is 462 g/mol. The number of nitrogens with one attached hydrogen (secondary N) is 2. The molecular formula is C27H32ClN5S. The maximum atomic E-state index is 6.92. The molecule has 2 aliphatic rings. The van der Waals surface area contributed by atoms with Gasteiger partial charge in [-0.25, -0.2) is 0 Å². The quantitative estimate of drug-likeness (QED) is 0.415. The van der Waals surface area contributed by atoms with Crippen LogP contribution in [-0.2, 0) is 0 Å². The number of H-pyrrole nitrogens is 1. The highest BCUT2D eigenvalue weighted by molar-refractivity contribution is 7.80. The molecule has 0 saturated carbocycles. The molecule has 2 fully saturated rings. The molecule has 5 nitrogen and oxygen atoms in total. The van der Waals surface area contributed by atoms with E-state index in [1.54, 1.807) is 0 Å². The Balaban J connectivity index is 1.54. The molecule has 5 rings (SSSR count). The molecule has 0 spiro atoms. The van der Waals surface area contributed by atoms with Gasteiger partial charge in [-0.2, -0.15) is 0 Å². The summed E-state index contributed by atoms with van der Waals surface area (Å²) in [5.74, 6) is 1.33. The molecule has 3 aromatic rings. The van der Waals surface area contributed by atoms with E-state index in [1.165, 1.54) is 12.0 Å². The molecule has 7 heteroatoms. The first kappa shape index (κ1) is 23.2. The summed E-state index contributed by atoms with van der Waals surface area (Å²) in [5.41, 5.74) is 6.54. The summed E-state index contributed by atoms with van der Waals surface area (Å²) in [6, 6.07) is 14.5. The molecule has 2 N–H and O–H groups in total. The van der Waals surface area contributed by atoms with Crippen molar-refractivity contribution in [1.82, 2.24) is 15.3 Å². The number of nitrogens with zero attached hydrogens (tertiary/aromatic N) is 3. The van der Waals surface area contributed by atoms with Crippen LogP contribution in [0.1, 0.15) is 55.0 Å². The number of hydrogen-bond acceptors (Lipinski definition) is 3. The second-order valence-corrected chi connectivity index (χ2v) is 10.8. The van der Waals surface area contributed by atoms with Crippen LogP contribution >= 0.6 is 23.8 Å². The minimum absolute atomic E-state index is 0.0377. The lowest BCUT2D eigenvalue weighted by Crippen LogP contribution is -2.38. The van der Waals surface area contributed by atoms with E-state index in [4.69, 9.17) is 23.8 Å². The van der Waals surface area contributed by atoms with Crippen LogP contribution in [0, 0.1) is 25.7 Å². The molecule has 4 atom stereocenters.